The minimum Gasteiger partial charge on any atom is -0.444 e. The van der Waals surface area contributed by atoms with E-state index >= 15 is 0 Å². The Morgan fingerprint density at radius 1 is 0.962 bits per heavy atom. The van der Waals surface area contributed by atoms with E-state index in [1.807, 2.05) is 19.1 Å². The van der Waals surface area contributed by atoms with E-state index < -0.39 is 41.1 Å². The van der Waals surface area contributed by atoms with Crippen molar-refractivity contribution in [2.24, 2.45) is 11.8 Å². The SMILES string of the molecule is CNC1=CC=C(C#Cc2cc(-c3nc(C)nc(NN(C)C(=O)OC(C)(C)C)c3C(C)=O)cc(NC(=O)C(C)N(C)C(=O)OC(C)(C)C)n2)C(C)C1C=N. The van der Waals surface area contributed by atoms with E-state index in [2.05, 4.69) is 42.9 Å². The van der Waals surface area contributed by atoms with Gasteiger partial charge >= 0.3 is 12.2 Å². The van der Waals surface area contributed by atoms with E-state index in [1.165, 1.54) is 38.2 Å². The van der Waals surface area contributed by atoms with Crippen LogP contribution in [-0.4, -0.2) is 93.3 Å². The number of hydrogen-bond acceptors (Lipinski definition) is 12. The Kier molecular flexibility index (Phi) is 13.1. The molecule has 15 nitrogen and oxygen atoms in total. The third-order valence-electron chi connectivity index (χ3n) is 7.94. The van der Waals surface area contributed by atoms with E-state index in [9.17, 15) is 19.2 Å². The van der Waals surface area contributed by atoms with Crippen LogP contribution in [0.4, 0.5) is 21.2 Å². The van der Waals surface area contributed by atoms with Crippen LogP contribution in [0.25, 0.3) is 11.3 Å². The summed E-state index contributed by atoms with van der Waals surface area (Å²) in [4.78, 5) is 67.1. The van der Waals surface area contributed by atoms with Gasteiger partial charge in [-0.2, -0.15) is 0 Å². The fraction of sp³-hybridized carbons (Fsp3) is 0.474. The standard InChI is InChI=1S/C38H51N9O6/c1-21-25(15-17-29(40-11)28(21)20-39)14-16-27-18-26(19-30(43-27)44-34(49)22(2)46(12)35(50)52-37(5,6)7)32-31(23(3)48)33(42-24(4)41-32)45-47(13)36(51)53-38(8,9)10/h15,17-22,28,39-40H,1-13H3,(H,41,42,45)(H,43,44,49). The Hall–Kier alpha value is -5.78. The van der Waals surface area contributed by atoms with Crippen LogP contribution in [0.15, 0.2) is 35.6 Å². The number of allylic oxidation sites excluding steroid dienone is 4. The summed E-state index contributed by atoms with van der Waals surface area (Å²) >= 11 is 0. The monoisotopic (exact) mass is 729 g/mol. The first-order chi connectivity index (χ1) is 24.5. The molecule has 15 heteroatoms. The normalized spacial score (nSPS) is 16.0. The highest BCUT2D eigenvalue weighted by molar-refractivity contribution is 6.04. The Balaban J connectivity index is 2.18. The predicted octanol–water partition coefficient (Wildman–Crippen LogP) is 5.73. The van der Waals surface area contributed by atoms with Crippen molar-refractivity contribution < 1.29 is 28.7 Å². The van der Waals surface area contributed by atoms with Crippen molar-refractivity contribution in [2.75, 3.05) is 31.9 Å². The largest absolute Gasteiger partial charge is 0.444 e. The molecule has 3 rings (SSSR count). The van der Waals surface area contributed by atoms with Crippen LogP contribution in [0, 0.1) is 36.0 Å². The first-order valence-electron chi connectivity index (χ1n) is 17.1. The molecule has 0 aliphatic heterocycles. The number of aryl methyl sites for hydroxylation is 1. The fourth-order valence-electron chi connectivity index (χ4n) is 5.11. The summed E-state index contributed by atoms with van der Waals surface area (Å²) in [6, 6.07) is 2.21. The number of Topliss-reactive ketones (excluding diaryl/α,β-unsaturated/α-hetero) is 1. The van der Waals surface area contributed by atoms with Crippen molar-refractivity contribution in [2.45, 2.75) is 86.5 Å². The molecule has 284 valence electrons. The zero-order valence-electron chi connectivity index (χ0n) is 32.8. The number of hydrogen-bond donors (Lipinski definition) is 4. The molecule has 2 heterocycles. The van der Waals surface area contributed by atoms with Crippen molar-refractivity contribution in [1.29, 1.82) is 5.41 Å². The van der Waals surface area contributed by atoms with Gasteiger partial charge in [-0.1, -0.05) is 12.8 Å². The van der Waals surface area contributed by atoms with Crippen LogP contribution in [0.2, 0.25) is 0 Å². The third kappa shape index (κ3) is 11.1. The first kappa shape index (κ1) is 41.6. The number of nitrogens with one attached hydrogen (secondary N) is 4. The zero-order chi connectivity index (χ0) is 40.0. The number of carbonyl (C=O) groups is 4. The molecule has 0 saturated heterocycles. The lowest BCUT2D eigenvalue weighted by Gasteiger charge is -2.28. The maximum Gasteiger partial charge on any atom is 0.428 e. The molecule has 0 radical (unpaired) electrons. The van der Waals surface area contributed by atoms with E-state index in [1.54, 1.807) is 68.5 Å². The summed E-state index contributed by atoms with van der Waals surface area (Å²) in [6.45, 7) is 16.9. The molecule has 0 saturated carbocycles. The average molecular weight is 730 g/mol. The van der Waals surface area contributed by atoms with Gasteiger partial charge in [0.1, 0.15) is 34.6 Å². The van der Waals surface area contributed by atoms with Crippen molar-refractivity contribution in [3.05, 3.63) is 52.6 Å². The molecule has 0 aromatic carbocycles. The highest BCUT2D eigenvalue weighted by atomic mass is 16.6. The van der Waals surface area contributed by atoms with Gasteiger partial charge in [0, 0.05) is 56.0 Å². The molecular weight excluding hydrogens is 678 g/mol. The summed E-state index contributed by atoms with van der Waals surface area (Å²) in [6.07, 6.45) is 3.75. The zero-order valence-corrected chi connectivity index (χ0v) is 32.8. The van der Waals surface area contributed by atoms with E-state index in [4.69, 9.17) is 14.9 Å². The van der Waals surface area contributed by atoms with Crippen LogP contribution in [0.5, 0.6) is 0 Å². The fourth-order valence-corrected chi connectivity index (χ4v) is 5.11. The van der Waals surface area contributed by atoms with E-state index in [0.717, 1.165) is 16.3 Å². The second-order valence-electron chi connectivity index (χ2n) is 14.7. The van der Waals surface area contributed by atoms with Crippen LogP contribution < -0.4 is 16.1 Å². The molecule has 53 heavy (non-hydrogen) atoms. The molecule has 3 atom stereocenters. The molecule has 3 amide bonds. The minimum atomic E-state index is -0.961. The number of pyridine rings is 1. The average Bonchev–Trinajstić information content (AvgIpc) is 3.04. The van der Waals surface area contributed by atoms with Gasteiger partial charge in [0.05, 0.1) is 11.3 Å². The Morgan fingerprint density at radius 3 is 2.15 bits per heavy atom. The van der Waals surface area contributed by atoms with Crippen molar-refractivity contribution >= 4 is 41.7 Å². The highest BCUT2D eigenvalue weighted by Gasteiger charge is 2.29. The molecule has 4 N–H and O–H groups in total. The number of hydrazine groups is 1. The highest BCUT2D eigenvalue weighted by Crippen LogP contribution is 2.31. The second-order valence-corrected chi connectivity index (χ2v) is 14.7. The summed E-state index contributed by atoms with van der Waals surface area (Å²) in [5.74, 6) is 5.40. The van der Waals surface area contributed by atoms with Gasteiger partial charge in [0.25, 0.3) is 0 Å². The molecular formula is C38H51N9O6. The van der Waals surface area contributed by atoms with Gasteiger partial charge in [-0.05, 0) is 92.5 Å². The van der Waals surface area contributed by atoms with Gasteiger partial charge in [0.15, 0.2) is 11.6 Å². The number of carbonyl (C=O) groups excluding carboxylic acids is 4. The van der Waals surface area contributed by atoms with Gasteiger partial charge in [-0.15, -0.1) is 0 Å². The van der Waals surface area contributed by atoms with E-state index in [-0.39, 0.29) is 46.2 Å². The van der Waals surface area contributed by atoms with Crippen molar-refractivity contribution in [3.8, 4) is 23.1 Å². The lowest BCUT2D eigenvalue weighted by atomic mass is 9.82. The number of nitrogens with zero attached hydrogens (tertiary/aromatic N) is 5. The number of likely N-dealkylation sites (N-methyl/N-ethyl adjacent to an activating group) is 1. The van der Waals surface area contributed by atoms with Crippen LogP contribution in [-0.2, 0) is 14.3 Å². The molecule has 0 spiro atoms. The number of ether oxygens (including phenoxy) is 2. The quantitative estimate of drug-likeness (QED) is 0.107. The summed E-state index contributed by atoms with van der Waals surface area (Å²) in [7, 11) is 4.70. The molecule has 3 unspecified atom stereocenters. The maximum absolute atomic E-state index is 13.5. The van der Waals surface area contributed by atoms with E-state index in [0.29, 0.717) is 5.56 Å². The molecule has 2 aromatic rings. The lowest BCUT2D eigenvalue weighted by molar-refractivity contribution is -0.120. The summed E-state index contributed by atoms with van der Waals surface area (Å²) in [5, 5.41) is 14.9. The summed E-state index contributed by atoms with van der Waals surface area (Å²) < 4.78 is 10.9. The number of aromatic nitrogens is 3. The topological polar surface area (TPSA) is 192 Å². The van der Waals surface area contributed by atoms with Gasteiger partial charge < -0.3 is 25.5 Å². The molecule has 1 aliphatic rings. The number of amides is 3. The Labute approximate surface area is 311 Å². The minimum absolute atomic E-state index is 0.0574. The number of anilines is 2. The second kappa shape index (κ2) is 16.7. The molecule has 0 fully saturated rings. The number of rotatable bonds is 9. The smallest absolute Gasteiger partial charge is 0.428 e. The predicted molar refractivity (Wildman–Crippen MR) is 203 cm³/mol. The first-order valence-corrected chi connectivity index (χ1v) is 17.1. The van der Waals surface area contributed by atoms with Gasteiger partial charge in [-0.3, -0.25) is 19.9 Å². The van der Waals surface area contributed by atoms with Gasteiger partial charge in [0.2, 0.25) is 5.91 Å². The Bertz CT molecular complexity index is 1900. The van der Waals surface area contributed by atoms with Crippen LogP contribution >= 0.6 is 0 Å². The molecule has 2 aromatic heterocycles. The Morgan fingerprint density at radius 2 is 1.58 bits per heavy atom. The third-order valence-corrected chi connectivity index (χ3v) is 7.94. The number of ketones is 1. The van der Waals surface area contributed by atoms with Crippen molar-refractivity contribution in [1.82, 2.24) is 30.2 Å². The van der Waals surface area contributed by atoms with Gasteiger partial charge in [-0.25, -0.2) is 29.5 Å². The van der Waals surface area contributed by atoms with Crippen molar-refractivity contribution in [3.63, 3.8) is 0 Å². The van der Waals surface area contributed by atoms with Crippen LogP contribution in [0.1, 0.15) is 84.2 Å². The molecule has 0 bridgehead atoms. The van der Waals surface area contributed by atoms with Crippen LogP contribution in [0.3, 0.4) is 0 Å². The summed E-state index contributed by atoms with van der Waals surface area (Å²) in [5.41, 5.74) is 3.85. The lowest BCUT2D eigenvalue weighted by Crippen LogP contribution is -2.45. The molecule has 1 aliphatic carbocycles. The maximum atomic E-state index is 13.5.